The Morgan fingerprint density at radius 2 is 2.10 bits per heavy atom. The molecule has 3 amide bonds. The van der Waals surface area contributed by atoms with Crippen molar-refractivity contribution in [3.05, 3.63) is 23.7 Å². The molecular weight excluding hydrogens is 278 g/mol. The van der Waals surface area contributed by atoms with Gasteiger partial charge in [-0.15, -0.1) is 0 Å². The van der Waals surface area contributed by atoms with E-state index in [0.717, 1.165) is 12.8 Å². The number of rotatable bonds is 6. The van der Waals surface area contributed by atoms with Crippen LogP contribution in [0, 0.1) is 0 Å². The number of nitrogens with one attached hydrogen (secondary N) is 3. The summed E-state index contributed by atoms with van der Waals surface area (Å²) in [6, 6.07) is 1.84. The third-order valence-electron chi connectivity index (χ3n) is 2.96. The van der Waals surface area contributed by atoms with Crippen molar-refractivity contribution < 1.29 is 23.9 Å². The fraction of sp³-hybridized carbons (Fsp3) is 0.462. The molecule has 0 aromatic carbocycles. The van der Waals surface area contributed by atoms with Crippen molar-refractivity contribution in [1.82, 2.24) is 16.0 Å². The molecule has 114 valence electrons. The molecule has 8 heteroatoms. The van der Waals surface area contributed by atoms with Crippen LogP contribution in [0.3, 0.4) is 0 Å². The Balaban J connectivity index is 1.72. The molecule has 0 aliphatic heterocycles. The molecule has 4 N–H and O–H groups in total. The van der Waals surface area contributed by atoms with Crippen molar-refractivity contribution in [1.29, 1.82) is 0 Å². The molecule has 1 saturated carbocycles. The van der Waals surface area contributed by atoms with Gasteiger partial charge in [0.25, 0.3) is 0 Å². The van der Waals surface area contributed by atoms with Crippen LogP contribution in [-0.4, -0.2) is 35.1 Å². The Bertz CT molecular complexity index is 550. The van der Waals surface area contributed by atoms with E-state index in [4.69, 9.17) is 9.52 Å². The maximum atomic E-state index is 11.6. The molecule has 1 aliphatic carbocycles. The molecule has 1 heterocycles. The number of furan rings is 1. The minimum Gasteiger partial charge on any atom is -0.475 e. The zero-order chi connectivity index (χ0) is 15.4. The third-order valence-corrected chi connectivity index (χ3v) is 2.96. The van der Waals surface area contributed by atoms with E-state index in [2.05, 4.69) is 16.0 Å². The topological polar surface area (TPSA) is 121 Å². The van der Waals surface area contributed by atoms with Gasteiger partial charge in [0, 0.05) is 6.04 Å². The van der Waals surface area contributed by atoms with Gasteiger partial charge in [0.1, 0.15) is 11.8 Å². The number of hydrogen-bond donors (Lipinski definition) is 4. The molecule has 1 unspecified atom stereocenters. The summed E-state index contributed by atoms with van der Waals surface area (Å²) in [5.41, 5.74) is 0. The lowest BCUT2D eigenvalue weighted by atomic mass is 10.3. The first-order valence-corrected chi connectivity index (χ1v) is 6.62. The highest BCUT2D eigenvalue weighted by Gasteiger charge is 2.26. The molecule has 1 aliphatic rings. The zero-order valence-electron chi connectivity index (χ0n) is 11.5. The summed E-state index contributed by atoms with van der Waals surface area (Å²) in [7, 11) is 0. The van der Waals surface area contributed by atoms with E-state index in [9.17, 15) is 14.4 Å². The minimum absolute atomic E-state index is 0.0378. The second-order valence-electron chi connectivity index (χ2n) is 4.90. The van der Waals surface area contributed by atoms with Crippen LogP contribution < -0.4 is 16.0 Å². The number of carboxylic acid groups (broad SMARTS) is 1. The van der Waals surface area contributed by atoms with Crippen LogP contribution in [0.1, 0.15) is 36.1 Å². The lowest BCUT2D eigenvalue weighted by Crippen LogP contribution is -2.48. The van der Waals surface area contributed by atoms with Gasteiger partial charge in [-0.25, -0.2) is 9.59 Å². The van der Waals surface area contributed by atoms with Gasteiger partial charge >= 0.3 is 12.0 Å². The predicted octanol–water partition coefficient (Wildman–Crippen LogP) is 0.444. The highest BCUT2D eigenvalue weighted by Crippen LogP contribution is 2.18. The largest absolute Gasteiger partial charge is 0.475 e. The van der Waals surface area contributed by atoms with Crippen LogP contribution >= 0.6 is 0 Å². The van der Waals surface area contributed by atoms with Crippen LogP contribution in [0.15, 0.2) is 16.5 Å². The lowest BCUT2D eigenvalue weighted by Gasteiger charge is -2.14. The van der Waals surface area contributed by atoms with Crippen LogP contribution in [0.5, 0.6) is 0 Å². The predicted molar refractivity (Wildman–Crippen MR) is 71.7 cm³/mol. The van der Waals surface area contributed by atoms with Crippen molar-refractivity contribution in [2.45, 2.75) is 38.4 Å². The molecular formula is C13H17N3O5. The van der Waals surface area contributed by atoms with Gasteiger partial charge in [0.05, 0.1) is 6.54 Å². The smallest absolute Gasteiger partial charge is 0.371 e. The minimum atomic E-state index is -1.17. The van der Waals surface area contributed by atoms with Crippen LogP contribution in [0.2, 0.25) is 0 Å². The Morgan fingerprint density at radius 3 is 2.67 bits per heavy atom. The van der Waals surface area contributed by atoms with Crippen molar-refractivity contribution in [2.75, 3.05) is 0 Å². The fourth-order valence-electron chi connectivity index (χ4n) is 1.62. The summed E-state index contributed by atoms with van der Waals surface area (Å²) in [5, 5.41) is 16.5. The number of carbonyl (C=O) groups excluding carboxylic acids is 2. The Labute approximate surface area is 120 Å². The van der Waals surface area contributed by atoms with Gasteiger partial charge in [-0.3, -0.25) is 4.79 Å². The Hall–Kier alpha value is -2.51. The van der Waals surface area contributed by atoms with Gasteiger partial charge in [-0.2, -0.15) is 0 Å². The van der Waals surface area contributed by atoms with Crippen molar-refractivity contribution >= 4 is 17.9 Å². The number of carbonyl (C=O) groups is 3. The molecule has 0 bridgehead atoms. The Kier molecular flexibility index (Phi) is 4.46. The molecule has 8 nitrogen and oxygen atoms in total. The first-order chi connectivity index (χ1) is 9.95. The van der Waals surface area contributed by atoms with Gasteiger partial charge in [0.2, 0.25) is 11.7 Å². The van der Waals surface area contributed by atoms with Gasteiger partial charge in [0.15, 0.2) is 0 Å². The summed E-state index contributed by atoms with van der Waals surface area (Å²) < 4.78 is 4.99. The van der Waals surface area contributed by atoms with E-state index in [1.165, 1.54) is 12.1 Å². The number of carboxylic acids is 1. The van der Waals surface area contributed by atoms with Crippen LogP contribution in [-0.2, 0) is 11.3 Å². The van der Waals surface area contributed by atoms with E-state index < -0.39 is 18.0 Å². The van der Waals surface area contributed by atoms with Gasteiger partial charge in [-0.05, 0) is 31.9 Å². The average Bonchev–Trinajstić information content (AvgIpc) is 3.10. The maximum Gasteiger partial charge on any atom is 0.371 e. The number of amides is 3. The summed E-state index contributed by atoms with van der Waals surface area (Å²) in [6.07, 6.45) is 1.96. The summed E-state index contributed by atoms with van der Waals surface area (Å²) >= 11 is 0. The molecule has 21 heavy (non-hydrogen) atoms. The third kappa shape index (κ3) is 4.51. The fourth-order valence-corrected chi connectivity index (χ4v) is 1.62. The van der Waals surface area contributed by atoms with E-state index in [0.29, 0.717) is 5.76 Å². The Morgan fingerprint density at radius 1 is 1.38 bits per heavy atom. The SMILES string of the molecule is CC(NC(=O)NCc1ccc(C(=O)O)o1)C(=O)NC1CC1. The van der Waals surface area contributed by atoms with Crippen LogP contribution in [0.4, 0.5) is 4.79 Å². The normalized spacial score (nSPS) is 15.1. The van der Waals surface area contributed by atoms with E-state index >= 15 is 0 Å². The molecule has 1 aromatic heterocycles. The summed E-state index contributed by atoms with van der Waals surface area (Å²) in [4.78, 5) is 33.9. The van der Waals surface area contributed by atoms with E-state index in [1.807, 2.05) is 0 Å². The van der Waals surface area contributed by atoms with Gasteiger partial charge < -0.3 is 25.5 Å². The second-order valence-corrected chi connectivity index (χ2v) is 4.90. The molecule has 1 fully saturated rings. The van der Waals surface area contributed by atoms with E-state index in [-0.39, 0.29) is 24.3 Å². The molecule has 0 saturated heterocycles. The van der Waals surface area contributed by atoms with Crippen molar-refractivity contribution in [3.63, 3.8) is 0 Å². The first-order valence-electron chi connectivity index (χ1n) is 6.62. The molecule has 1 atom stereocenters. The van der Waals surface area contributed by atoms with Crippen LogP contribution in [0.25, 0.3) is 0 Å². The van der Waals surface area contributed by atoms with Crippen molar-refractivity contribution in [3.8, 4) is 0 Å². The summed E-state index contributed by atoms with van der Waals surface area (Å²) in [6.45, 7) is 1.63. The first kappa shape index (κ1) is 14.9. The lowest BCUT2D eigenvalue weighted by molar-refractivity contribution is -0.122. The molecule has 2 rings (SSSR count). The summed E-state index contributed by atoms with van der Waals surface area (Å²) in [5.74, 6) is -1.27. The van der Waals surface area contributed by atoms with Gasteiger partial charge in [-0.1, -0.05) is 0 Å². The van der Waals surface area contributed by atoms with Crippen molar-refractivity contribution in [2.24, 2.45) is 0 Å². The maximum absolute atomic E-state index is 11.6. The van der Waals surface area contributed by atoms with E-state index in [1.54, 1.807) is 6.92 Å². The highest BCUT2D eigenvalue weighted by atomic mass is 16.4. The molecule has 0 radical (unpaired) electrons. The standard InChI is InChI=1S/C13H17N3O5/c1-7(11(17)16-8-2-3-8)15-13(20)14-6-9-4-5-10(21-9)12(18)19/h4-5,7-8H,2-3,6H2,1H3,(H,16,17)(H,18,19)(H2,14,15,20). The second kappa shape index (κ2) is 6.29. The average molecular weight is 295 g/mol. The number of hydrogen-bond acceptors (Lipinski definition) is 4. The number of aromatic carboxylic acids is 1. The highest BCUT2D eigenvalue weighted by molar-refractivity contribution is 5.87. The zero-order valence-corrected chi connectivity index (χ0v) is 11.5. The quantitative estimate of drug-likeness (QED) is 0.607. The monoisotopic (exact) mass is 295 g/mol. The molecule has 1 aromatic rings. The number of urea groups is 1. The molecule has 0 spiro atoms.